The van der Waals surface area contributed by atoms with E-state index in [1.54, 1.807) is 6.07 Å². The van der Waals surface area contributed by atoms with Gasteiger partial charge in [-0.3, -0.25) is 4.79 Å². The summed E-state index contributed by atoms with van der Waals surface area (Å²) in [5.41, 5.74) is -3.58. The quantitative estimate of drug-likeness (QED) is 0.524. The number of carbonyl (C=O) groups is 1. The van der Waals surface area contributed by atoms with E-state index >= 15 is 0 Å². The van der Waals surface area contributed by atoms with Crippen molar-refractivity contribution in [3.63, 3.8) is 0 Å². The second-order valence-electron chi connectivity index (χ2n) is 9.09. The summed E-state index contributed by atoms with van der Waals surface area (Å²) in [7, 11) is 1.42. The van der Waals surface area contributed by atoms with Crippen molar-refractivity contribution in [1.29, 1.82) is 0 Å². The molecule has 2 bridgehead atoms. The number of hydrogen-bond donors (Lipinski definition) is 4. The van der Waals surface area contributed by atoms with Crippen LogP contribution >= 0.6 is 0 Å². The van der Waals surface area contributed by atoms with Gasteiger partial charge < -0.3 is 34.3 Å². The van der Waals surface area contributed by atoms with Gasteiger partial charge in [0.2, 0.25) is 0 Å². The first-order chi connectivity index (χ1) is 13.7. The molecular weight excluding hydrogens is 380 g/mol. The molecule has 162 valence electrons. The zero-order valence-corrected chi connectivity index (χ0v) is 16.8. The average Bonchev–Trinajstić information content (AvgIpc) is 3.21. The smallest absolute Gasteiger partial charge is 0.312 e. The van der Waals surface area contributed by atoms with Crippen LogP contribution in [0.15, 0.2) is 23.0 Å². The zero-order valence-electron chi connectivity index (χ0n) is 16.8. The summed E-state index contributed by atoms with van der Waals surface area (Å²) in [4.78, 5) is 13.2. The fourth-order valence-electron chi connectivity index (χ4n) is 6.53. The van der Waals surface area contributed by atoms with Gasteiger partial charge in [-0.15, -0.1) is 0 Å². The lowest BCUT2D eigenvalue weighted by Gasteiger charge is -2.68. The fraction of sp³-hybridized carbons (Fsp3) is 0.762. The third-order valence-corrected chi connectivity index (χ3v) is 8.03. The van der Waals surface area contributed by atoms with E-state index in [9.17, 15) is 25.2 Å². The molecule has 2 aliphatic carbocycles. The Morgan fingerprint density at radius 1 is 1.31 bits per heavy atom. The Labute approximate surface area is 169 Å². The predicted molar refractivity (Wildman–Crippen MR) is 99.5 cm³/mol. The summed E-state index contributed by atoms with van der Waals surface area (Å²) >= 11 is 0. The van der Waals surface area contributed by atoms with Crippen LogP contribution in [-0.2, 0) is 14.3 Å². The Hall–Kier alpha value is -1.45. The molecule has 0 spiro atoms. The first-order valence-electron chi connectivity index (χ1n) is 10.2. The van der Waals surface area contributed by atoms with E-state index in [2.05, 4.69) is 0 Å². The predicted octanol–water partition coefficient (Wildman–Crippen LogP) is 0.782. The summed E-state index contributed by atoms with van der Waals surface area (Å²) in [5.74, 6) is -1.18. The highest BCUT2D eigenvalue weighted by Gasteiger charge is 2.76. The molecule has 0 radical (unpaired) electrons. The number of rotatable bonds is 5. The van der Waals surface area contributed by atoms with Gasteiger partial charge in [-0.05, 0) is 43.6 Å². The molecule has 2 heterocycles. The lowest BCUT2D eigenvalue weighted by atomic mass is 9.40. The Bertz CT molecular complexity index is 750. The molecular formula is C21H30O8. The van der Waals surface area contributed by atoms with Crippen molar-refractivity contribution in [2.45, 2.75) is 56.5 Å². The average molecular weight is 410 g/mol. The molecule has 1 saturated heterocycles. The summed E-state index contributed by atoms with van der Waals surface area (Å²) < 4.78 is 15.9. The number of hydrogen-bond acceptors (Lipinski definition) is 8. The Balaban J connectivity index is 1.83. The van der Waals surface area contributed by atoms with Gasteiger partial charge in [0.1, 0.15) is 12.2 Å². The first-order valence-corrected chi connectivity index (χ1v) is 10.2. The van der Waals surface area contributed by atoms with Crippen LogP contribution in [0, 0.1) is 22.7 Å². The molecule has 29 heavy (non-hydrogen) atoms. The molecule has 8 heteroatoms. The number of esters is 1. The second-order valence-corrected chi connectivity index (χ2v) is 9.09. The molecule has 3 aliphatic rings. The van der Waals surface area contributed by atoms with Crippen molar-refractivity contribution >= 4 is 5.97 Å². The summed E-state index contributed by atoms with van der Waals surface area (Å²) in [6.45, 7) is 1.50. The van der Waals surface area contributed by atoms with E-state index < -0.39 is 46.6 Å². The van der Waals surface area contributed by atoms with Gasteiger partial charge in [-0.2, -0.15) is 0 Å². The molecule has 0 amide bonds. The van der Waals surface area contributed by atoms with Crippen LogP contribution in [0.2, 0.25) is 0 Å². The lowest BCUT2D eigenvalue weighted by molar-refractivity contribution is -0.328. The number of ether oxygens (including phenoxy) is 2. The minimum absolute atomic E-state index is 0.0881. The van der Waals surface area contributed by atoms with Crippen molar-refractivity contribution in [2.24, 2.45) is 22.7 Å². The van der Waals surface area contributed by atoms with E-state index in [1.807, 2.05) is 6.92 Å². The molecule has 0 unspecified atom stereocenters. The third kappa shape index (κ3) is 2.59. The highest BCUT2D eigenvalue weighted by Crippen LogP contribution is 2.67. The lowest BCUT2D eigenvalue weighted by Crippen LogP contribution is -2.78. The van der Waals surface area contributed by atoms with Crippen LogP contribution in [0.4, 0.5) is 0 Å². The van der Waals surface area contributed by atoms with Crippen molar-refractivity contribution < 1.29 is 39.1 Å². The molecule has 3 fully saturated rings. The van der Waals surface area contributed by atoms with Gasteiger partial charge in [0.15, 0.2) is 0 Å². The van der Waals surface area contributed by atoms with Crippen molar-refractivity contribution in [1.82, 2.24) is 0 Å². The molecule has 1 aromatic rings. The molecule has 0 aromatic carbocycles. The normalized spacial score (nSPS) is 45.4. The van der Waals surface area contributed by atoms with E-state index in [0.717, 1.165) is 0 Å². The molecule has 2 saturated carbocycles. The maximum Gasteiger partial charge on any atom is 0.312 e. The van der Waals surface area contributed by atoms with Crippen LogP contribution in [0.5, 0.6) is 0 Å². The van der Waals surface area contributed by atoms with Crippen LogP contribution in [-0.4, -0.2) is 64.5 Å². The van der Waals surface area contributed by atoms with Gasteiger partial charge in [-0.25, -0.2) is 0 Å². The summed E-state index contributed by atoms with van der Waals surface area (Å²) in [6, 6.07) is 1.65. The van der Waals surface area contributed by atoms with Crippen LogP contribution in [0.3, 0.4) is 0 Å². The minimum Gasteiger partial charge on any atom is -0.472 e. The number of cyclic esters (lactones) is 1. The monoisotopic (exact) mass is 410 g/mol. The van der Waals surface area contributed by atoms with E-state index in [-0.39, 0.29) is 38.4 Å². The first kappa shape index (κ1) is 20.8. The summed E-state index contributed by atoms with van der Waals surface area (Å²) in [5, 5.41) is 44.4. The minimum atomic E-state index is -1.77. The topological polar surface area (TPSA) is 130 Å². The highest BCUT2D eigenvalue weighted by atomic mass is 16.5. The maximum atomic E-state index is 13.2. The standard InChI is InChI=1S/C21H30O8/c1-12-7-17(24)20-10-29-18(25)19(12,8-14(22)13-5-6-28-9-13)15(20)3-4-16(23)21(20,26)11-27-2/h5-6,9,12,14-17,22-24,26H,3-4,7-8,10-11H2,1-2H3/t12-,14+,15-,16+,17-,19-,20+,21-/m1/s1. The largest absolute Gasteiger partial charge is 0.472 e. The molecule has 1 aromatic heterocycles. The molecule has 1 aliphatic heterocycles. The summed E-state index contributed by atoms with van der Waals surface area (Å²) in [6.07, 6.45) is 0.883. The van der Waals surface area contributed by atoms with Crippen molar-refractivity contribution in [3.05, 3.63) is 24.2 Å². The highest BCUT2D eigenvalue weighted by molar-refractivity contribution is 5.79. The van der Waals surface area contributed by atoms with Gasteiger partial charge in [0, 0.05) is 12.7 Å². The number of methoxy groups -OCH3 is 1. The SMILES string of the molecule is COC[C@@]1(O)[C@@H](O)CC[C@@H]2[C@]3(C[C@H](O)c4ccoc4)C(=O)OC[C@@]21[C@H](O)C[C@H]3C. The zero-order chi connectivity index (χ0) is 21.0. The maximum absolute atomic E-state index is 13.2. The molecule has 4 N–H and O–H groups in total. The van der Waals surface area contributed by atoms with Gasteiger partial charge in [-0.1, -0.05) is 6.92 Å². The Morgan fingerprint density at radius 3 is 2.72 bits per heavy atom. The van der Waals surface area contributed by atoms with Crippen LogP contribution in [0.1, 0.15) is 44.3 Å². The van der Waals surface area contributed by atoms with Gasteiger partial charge in [0.05, 0.1) is 48.3 Å². The van der Waals surface area contributed by atoms with Crippen LogP contribution in [0.25, 0.3) is 0 Å². The van der Waals surface area contributed by atoms with E-state index in [4.69, 9.17) is 13.9 Å². The third-order valence-electron chi connectivity index (χ3n) is 8.03. The van der Waals surface area contributed by atoms with E-state index in [0.29, 0.717) is 12.0 Å². The Kier molecular flexibility index (Phi) is 5.07. The number of aliphatic hydroxyl groups excluding tert-OH is 3. The molecule has 4 rings (SSSR count). The number of furan rings is 1. The molecule has 8 atom stereocenters. The Morgan fingerprint density at radius 2 is 2.07 bits per heavy atom. The van der Waals surface area contributed by atoms with Crippen molar-refractivity contribution in [3.8, 4) is 0 Å². The van der Waals surface area contributed by atoms with Gasteiger partial charge in [0.25, 0.3) is 0 Å². The fourth-order valence-corrected chi connectivity index (χ4v) is 6.53. The van der Waals surface area contributed by atoms with Crippen LogP contribution < -0.4 is 0 Å². The second kappa shape index (κ2) is 7.06. The van der Waals surface area contributed by atoms with Gasteiger partial charge >= 0.3 is 5.97 Å². The van der Waals surface area contributed by atoms with E-state index in [1.165, 1.54) is 19.6 Å². The molecule has 8 nitrogen and oxygen atoms in total. The van der Waals surface area contributed by atoms with Crippen molar-refractivity contribution in [2.75, 3.05) is 20.3 Å². The number of aliphatic hydroxyl groups is 4. The number of carbonyl (C=O) groups excluding carboxylic acids is 1.